The van der Waals surface area contributed by atoms with E-state index in [1.165, 1.54) is 0 Å². The fraction of sp³-hybridized carbons (Fsp3) is 0.192. The second kappa shape index (κ2) is 9.46. The van der Waals surface area contributed by atoms with Gasteiger partial charge in [0.15, 0.2) is 0 Å². The van der Waals surface area contributed by atoms with Crippen LogP contribution < -0.4 is 10.9 Å². The van der Waals surface area contributed by atoms with Crippen LogP contribution in [0.1, 0.15) is 31.3 Å². The van der Waals surface area contributed by atoms with Crippen LogP contribution >= 0.6 is 11.6 Å². The number of nitrogens with one attached hydrogen (secondary N) is 1. The topological polar surface area (TPSA) is 67.2 Å². The van der Waals surface area contributed by atoms with Gasteiger partial charge in [-0.3, -0.25) is 9.36 Å². The first-order valence-electron chi connectivity index (χ1n) is 10.8. The van der Waals surface area contributed by atoms with Gasteiger partial charge < -0.3 is 10.2 Å². The van der Waals surface area contributed by atoms with Gasteiger partial charge in [0.2, 0.25) is 0 Å². The second-order valence-electron chi connectivity index (χ2n) is 7.87. The first-order chi connectivity index (χ1) is 15.9. The highest BCUT2D eigenvalue weighted by molar-refractivity contribution is 6.31. The van der Waals surface area contributed by atoms with Gasteiger partial charge in [-0.25, -0.2) is 9.78 Å². The van der Waals surface area contributed by atoms with Crippen LogP contribution in [0.25, 0.3) is 16.6 Å². The van der Waals surface area contributed by atoms with E-state index in [4.69, 9.17) is 16.6 Å². The maximum atomic E-state index is 13.6. The molecule has 7 heteroatoms. The summed E-state index contributed by atoms with van der Waals surface area (Å²) in [6, 6.07) is 21.2. The second-order valence-corrected chi connectivity index (χ2v) is 8.30. The Bertz CT molecular complexity index is 1350. The lowest BCUT2D eigenvalue weighted by molar-refractivity contribution is 0.193. The minimum atomic E-state index is -0.490. The van der Waals surface area contributed by atoms with E-state index in [0.717, 1.165) is 5.56 Å². The van der Waals surface area contributed by atoms with Crippen molar-refractivity contribution in [3.63, 3.8) is 0 Å². The molecule has 0 saturated heterocycles. The number of fused-ring (bicyclic) bond motifs is 1. The van der Waals surface area contributed by atoms with Crippen LogP contribution in [0, 0.1) is 6.92 Å². The molecule has 4 aromatic rings. The van der Waals surface area contributed by atoms with Crippen LogP contribution in [-0.4, -0.2) is 27.0 Å². The van der Waals surface area contributed by atoms with E-state index in [-0.39, 0.29) is 11.6 Å². The minimum Gasteiger partial charge on any atom is -0.315 e. The van der Waals surface area contributed by atoms with Gasteiger partial charge in [0.25, 0.3) is 5.56 Å². The molecule has 0 aliphatic carbocycles. The number of amides is 2. The number of para-hydroxylation sites is 1. The summed E-state index contributed by atoms with van der Waals surface area (Å²) < 4.78 is 1.58. The zero-order valence-electron chi connectivity index (χ0n) is 18.7. The molecule has 0 spiro atoms. The molecule has 0 saturated carbocycles. The van der Waals surface area contributed by atoms with Crippen LogP contribution in [0.3, 0.4) is 0 Å². The van der Waals surface area contributed by atoms with Crippen molar-refractivity contribution in [2.45, 2.75) is 26.8 Å². The summed E-state index contributed by atoms with van der Waals surface area (Å²) in [6.45, 7) is 6.19. The number of carbonyl (C=O) groups is 1. The number of hydrogen-bond donors (Lipinski definition) is 1. The lowest BCUT2D eigenvalue weighted by Gasteiger charge is -2.29. The maximum absolute atomic E-state index is 13.6. The minimum absolute atomic E-state index is 0.207. The molecule has 168 valence electrons. The molecule has 1 atom stereocenters. The molecule has 1 heterocycles. The van der Waals surface area contributed by atoms with Crippen LogP contribution in [0.15, 0.2) is 77.6 Å². The third kappa shape index (κ3) is 4.61. The van der Waals surface area contributed by atoms with Crippen LogP contribution in [0.4, 0.5) is 10.5 Å². The van der Waals surface area contributed by atoms with Gasteiger partial charge in [-0.15, -0.1) is 0 Å². The van der Waals surface area contributed by atoms with Crippen molar-refractivity contribution in [2.75, 3.05) is 11.9 Å². The number of benzene rings is 3. The largest absolute Gasteiger partial charge is 0.322 e. The number of nitrogens with zero attached hydrogens (tertiary/aromatic N) is 3. The maximum Gasteiger partial charge on any atom is 0.322 e. The summed E-state index contributed by atoms with van der Waals surface area (Å²) >= 11 is 6.18. The lowest BCUT2D eigenvalue weighted by Crippen LogP contribution is -2.39. The predicted octanol–water partition coefficient (Wildman–Crippen LogP) is 5.96. The first kappa shape index (κ1) is 22.6. The molecule has 0 bridgehead atoms. The van der Waals surface area contributed by atoms with E-state index in [1.807, 2.05) is 75.4 Å². The van der Waals surface area contributed by atoms with Gasteiger partial charge in [0.05, 0.1) is 22.6 Å². The molecule has 1 aromatic heterocycles. The molecule has 2 amide bonds. The van der Waals surface area contributed by atoms with Crippen molar-refractivity contribution >= 4 is 34.2 Å². The molecule has 0 radical (unpaired) electrons. The van der Waals surface area contributed by atoms with Gasteiger partial charge in [0.1, 0.15) is 5.82 Å². The Morgan fingerprint density at radius 2 is 1.79 bits per heavy atom. The normalized spacial score (nSPS) is 11.9. The Hall–Kier alpha value is -3.64. The summed E-state index contributed by atoms with van der Waals surface area (Å²) in [4.78, 5) is 33.2. The van der Waals surface area contributed by atoms with Crippen LogP contribution in [-0.2, 0) is 0 Å². The predicted molar refractivity (Wildman–Crippen MR) is 133 cm³/mol. The Morgan fingerprint density at radius 3 is 2.45 bits per heavy atom. The molecule has 3 aromatic carbocycles. The van der Waals surface area contributed by atoms with E-state index in [2.05, 4.69) is 5.32 Å². The molecule has 1 unspecified atom stereocenters. The summed E-state index contributed by atoms with van der Waals surface area (Å²) in [6.07, 6.45) is 0. The van der Waals surface area contributed by atoms with Gasteiger partial charge in [-0.2, -0.15) is 0 Å². The standard InChI is InChI=1S/C26H25ClN4O2/c1-4-30(26(33)28-20-8-6-5-7-9-20)18(3)24-29-23-16-19(27)12-15-22(23)25(32)31(24)21-13-10-17(2)11-14-21/h5-16,18H,4H2,1-3H3,(H,28,33). The van der Waals surface area contributed by atoms with Crippen LogP contribution in [0.5, 0.6) is 0 Å². The third-order valence-corrected chi connectivity index (χ3v) is 5.85. The van der Waals surface area contributed by atoms with Gasteiger partial charge >= 0.3 is 6.03 Å². The van der Waals surface area contributed by atoms with Crippen molar-refractivity contribution in [3.05, 3.63) is 99.6 Å². The van der Waals surface area contributed by atoms with Gasteiger partial charge in [-0.1, -0.05) is 47.5 Å². The SMILES string of the molecule is CCN(C(=O)Nc1ccccc1)C(C)c1nc2cc(Cl)ccc2c(=O)n1-c1ccc(C)cc1. The molecule has 0 aliphatic rings. The van der Waals surface area contributed by atoms with Crippen molar-refractivity contribution in [3.8, 4) is 5.69 Å². The average molecular weight is 461 g/mol. The highest BCUT2D eigenvalue weighted by Gasteiger charge is 2.26. The highest BCUT2D eigenvalue weighted by Crippen LogP contribution is 2.25. The van der Waals surface area contributed by atoms with Gasteiger partial charge in [0, 0.05) is 17.3 Å². The molecule has 4 rings (SSSR count). The van der Waals surface area contributed by atoms with E-state index in [9.17, 15) is 9.59 Å². The van der Waals surface area contributed by atoms with Crippen molar-refractivity contribution in [2.24, 2.45) is 0 Å². The number of aromatic nitrogens is 2. The Labute approximate surface area is 197 Å². The summed E-state index contributed by atoms with van der Waals surface area (Å²) in [5.74, 6) is 0.462. The molecule has 33 heavy (non-hydrogen) atoms. The molecular weight excluding hydrogens is 436 g/mol. The van der Waals surface area contributed by atoms with E-state index >= 15 is 0 Å². The molecule has 1 N–H and O–H groups in total. The average Bonchev–Trinajstić information content (AvgIpc) is 2.80. The Kier molecular flexibility index (Phi) is 6.47. The summed E-state index contributed by atoms with van der Waals surface area (Å²) in [5, 5.41) is 3.88. The molecular formula is C26H25ClN4O2. The van der Waals surface area contributed by atoms with Crippen molar-refractivity contribution < 1.29 is 4.79 Å². The molecule has 6 nitrogen and oxygen atoms in total. The van der Waals surface area contributed by atoms with E-state index < -0.39 is 6.04 Å². The van der Waals surface area contributed by atoms with Gasteiger partial charge in [-0.05, 0) is 63.2 Å². The zero-order valence-corrected chi connectivity index (χ0v) is 19.5. The Morgan fingerprint density at radius 1 is 1.09 bits per heavy atom. The van der Waals surface area contributed by atoms with Crippen molar-refractivity contribution in [1.29, 1.82) is 0 Å². The third-order valence-electron chi connectivity index (χ3n) is 5.62. The Balaban J connectivity index is 1.84. The number of hydrogen-bond acceptors (Lipinski definition) is 3. The summed E-state index contributed by atoms with van der Waals surface area (Å²) in [7, 11) is 0. The first-order valence-corrected chi connectivity index (χ1v) is 11.2. The number of rotatable bonds is 5. The summed E-state index contributed by atoms with van der Waals surface area (Å²) in [5.41, 5.74) is 2.76. The van der Waals surface area contributed by atoms with E-state index in [0.29, 0.717) is 39.7 Å². The number of aryl methyl sites for hydroxylation is 1. The highest BCUT2D eigenvalue weighted by atomic mass is 35.5. The zero-order chi connectivity index (χ0) is 23.5. The number of halogens is 1. The quantitative estimate of drug-likeness (QED) is 0.399. The van der Waals surface area contributed by atoms with E-state index in [1.54, 1.807) is 27.7 Å². The number of carbonyl (C=O) groups excluding carboxylic acids is 1. The smallest absolute Gasteiger partial charge is 0.315 e. The molecule has 0 aliphatic heterocycles. The van der Waals surface area contributed by atoms with Crippen LogP contribution in [0.2, 0.25) is 5.02 Å². The fourth-order valence-corrected chi connectivity index (χ4v) is 4.02. The monoisotopic (exact) mass is 460 g/mol. The molecule has 0 fully saturated rings. The fourth-order valence-electron chi connectivity index (χ4n) is 3.85. The van der Waals surface area contributed by atoms with Crippen molar-refractivity contribution in [1.82, 2.24) is 14.5 Å². The number of anilines is 1. The number of urea groups is 1. The lowest BCUT2D eigenvalue weighted by atomic mass is 10.1.